The third-order valence-corrected chi connectivity index (χ3v) is 4.60. The van der Waals surface area contributed by atoms with Crippen LogP contribution in [0.1, 0.15) is 23.2 Å². The van der Waals surface area contributed by atoms with E-state index in [1.165, 1.54) is 7.11 Å². The molecule has 3 aromatic rings. The van der Waals surface area contributed by atoms with Crippen LogP contribution < -0.4 is 9.47 Å². The Morgan fingerprint density at radius 2 is 2.04 bits per heavy atom. The monoisotopic (exact) mass is 383 g/mol. The summed E-state index contributed by atoms with van der Waals surface area (Å²) >= 11 is 0. The Hall–Kier alpha value is -3.43. The van der Waals surface area contributed by atoms with E-state index in [2.05, 4.69) is 20.4 Å². The van der Waals surface area contributed by atoms with Gasteiger partial charge in [0.1, 0.15) is 11.7 Å². The quantitative estimate of drug-likeness (QED) is 0.650. The number of amides is 1. The molecular formula is C18H21N7O3. The van der Waals surface area contributed by atoms with E-state index in [1.807, 2.05) is 12.1 Å². The molecule has 0 radical (unpaired) electrons. The standard InChI is InChI=1S/C18H21N7O3/c1-23-12-14(17(22-23)27-2)18(26)24-10-6-13(7-11-24)28-16-5-4-15(20-21-16)25-9-3-8-19-25/h3-5,8-9,12-13H,6-7,10-11H2,1-2H3. The normalized spacial score (nSPS) is 14.9. The van der Waals surface area contributed by atoms with Gasteiger partial charge in [-0.25, -0.2) is 4.68 Å². The summed E-state index contributed by atoms with van der Waals surface area (Å²) in [6, 6.07) is 5.41. The van der Waals surface area contributed by atoms with E-state index >= 15 is 0 Å². The van der Waals surface area contributed by atoms with E-state index in [0.717, 1.165) is 12.8 Å². The number of piperidine rings is 1. The van der Waals surface area contributed by atoms with Crippen molar-refractivity contribution < 1.29 is 14.3 Å². The van der Waals surface area contributed by atoms with E-state index in [1.54, 1.807) is 46.0 Å². The van der Waals surface area contributed by atoms with Crippen LogP contribution >= 0.6 is 0 Å². The van der Waals surface area contributed by atoms with Gasteiger partial charge in [0.25, 0.3) is 5.91 Å². The van der Waals surface area contributed by atoms with Crippen molar-refractivity contribution in [2.75, 3.05) is 20.2 Å². The number of hydrogen-bond acceptors (Lipinski definition) is 7. The summed E-state index contributed by atoms with van der Waals surface area (Å²) < 4.78 is 14.3. The fraction of sp³-hybridized carbons (Fsp3) is 0.389. The summed E-state index contributed by atoms with van der Waals surface area (Å²) in [6.45, 7) is 1.20. The molecule has 0 aliphatic carbocycles. The number of aromatic nitrogens is 6. The minimum absolute atomic E-state index is 0.00954. The van der Waals surface area contributed by atoms with Crippen molar-refractivity contribution >= 4 is 5.91 Å². The molecule has 1 saturated heterocycles. The second kappa shape index (κ2) is 7.67. The molecule has 1 aliphatic heterocycles. The highest BCUT2D eigenvalue weighted by Gasteiger charge is 2.28. The first-order valence-corrected chi connectivity index (χ1v) is 9.01. The van der Waals surface area contributed by atoms with Gasteiger partial charge in [-0.1, -0.05) is 0 Å². The Morgan fingerprint density at radius 1 is 1.21 bits per heavy atom. The van der Waals surface area contributed by atoms with Crippen LogP contribution in [0.5, 0.6) is 11.8 Å². The van der Waals surface area contributed by atoms with Crippen LogP contribution in [0.2, 0.25) is 0 Å². The zero-order chi connectivity index (χ0) is 19.5. The molecule has 0 spiro atoms. The third-order valence-electron chi connectivity index (χ3n) is 4.60. The number of rotatable bonds is 5. The fourth-order valence-corrected chi connectivity index (χ4v) is 3.19. The van der Waals surface area contributed by atoms with Crippen molar-refractivity contribution in [3.63, 3.8) is 0 Å². The van der Waals surface area contributed by atoms with Gasteiger partial charge in [0.15, 0.2) is 5.82 Å². The van der Waals surface area contributed by atoms with Crippen LogP contribution in [0.4, 0.5) is 0 Å². The van der Waals surface area contributed by atoms with Gasteiger partial charge in [0.2, 0.25) is 11.8 Å². The third kappa shape index (κ3) is 3.66. The van der Waals surface area contributed by atoms with Crippen LogP contribution in [-0.4, -0.2) is 66.9 Å². The van der Waals surface area contributed by atoms with Crippen molar-refractivity contribution in [3.05, 3.63) is 42.4 Å². The van der Waals surface area contributed by atoms with E-state index in [9.17, 15) is 4.79 Å². The second-order valence-electron chi connectivity index (χ2n) is 6.52. The number of nitrogens with zero attached hydrogens (tertiary/aromatic N) is 7. The first-order valence-electron chi connectivity index (χ1n) is 9.01. The molecule has 10 heteroatoms. The van der Waals surface area contributed by atoms with Crippen LogP contribution in [0, 0.1) is 0 Å². The molecule has 1 aliphatic rings. The van der Waals surface area contributed by atoms with Gasteiger partial charge in [0.05, 0.1) is 7.11 Å². The number of carbonyl (C=O) groups is 1. The van der Waals surface area contributed by atoms with Gasteiger partial charge < -0.3 is 14.4 Å². The van der Waals surface area contributed by atoms with Gasteiger partial charge in [-0.05, 0) is 12.1 Å². The van der Waals surface area contributed by atoms with E-state index in [0.29, 0.717) is 36.2 Å². The number of likely N-dealkylation sites (tertiary alicyclic amines) is 1. The average molecular weight is 383 g/mol. The summed E-state index contributed by atoms with van der Waals surface area (Å²) in [5.41, 5.74) is 0.476. The Kier molecular flexibility index (Phi) is 4.92. The lowest BCUT2D eigenvalue weighted by atomic mass is 10.1. The Labute approximate surface area is 161 Å². The first kappa shape index (κ1) is 18.0. The topological polar surface area (TPSA) is 100 Å². The smallest absolute Gasteiger partial charge is 0.260 e. The average Bonchev–Trinajstić information content (AvgIpc) is 3.38. The molecule has 1 fully saturated rings. The minimum Gasteiger partial charge on any atom is -0.479 e. The Morgan fingerprint density at radius 3 is 2.68 bits per heavy atom. The molecule has 0 aromatic carbocycles. The van der Waals surface area contributed by atoms with E-state index < -0.39 is 0 Å². The molecule has 146 valence electrons. The lowest BCUT2D eigenvalue weighted by Gasteiger charge is -2.31. The molecule has 0 saturated carbocycles. The Balaban J connectivity index is 1.33. The molecule has 10 nitrogen and oxygen atoms in total. The van der Waals surface area contributed by atoms with Gasteiger partial charge in [0, 0.05) is 57.6 Å². The van der Waals surface area contributed by atoms with Crippen molar-refractivity contribution in [1.29, 1.82) is 0 Å². The molecule has 4 heterocycles. The SMILES string of the molecule is COc1nn(C)cc1C(=O)N1CCC(Oc2ccc(-n3cccn3)nn2)CC1. The highest BCUT2D eigenvalue weighted by Crippen LogP contribution is 2.22. The second-order valence-corrected chi connectivity index (χ2v) is 6.52. The lowest BCUT2D eigenvalue weighted by molar-refractivity contribution is 0.0583. The molecular weight excluding hydrogens is 362 g/mol. The van der Waals surface area contributed by atoms with Crippen molar-refractivity contribution in [2.24, 2.45) is 7.05 Å². The highest BCUT2D eigenvalue weighted by atomic mass is 16.5. The van der Waals surface area contributed by atoms with Crippen LogP contribution in [0.15, 0.2) is 36.8 Å². The lowest BCUT2D eigenvalue weighted by Crippen LogP contribution is -2.41. The predicted molar refractivity (Wildman–Crippen MR) is 98.5 cm³/mol. The van der Waals surface area contributed by atoms with Gasteiger partial charge >= 0.3 is 0 Å². The van der Waals surface area contributed by atoms with Crippen molar-refractivity contribution in [2.45, 2.75) is 18.9 Å². The molecule has 0 unspecified atom stereocenters. The zero-order valence-electron chi connectivity index (χ0n) is 15.7. The predicted octanol–water partition coefficient (Wildman–Crippen LogP) is 1.09. The fourth-order valence-electron chi connectivity index (χ4n) is 3.19. The molecule has 28 heavy (non-hydrogen) atoms. The van der Waals surface area contributed by atoms with E-state index in [4.69, 9.17) is 9.47 Å². The van der Waals surface area contributed by atoms with Gasteiger partial charge in [-0.2, -0.15) is 5.10 Å². The summed E-state index contributed by atoms with van der Waals surface area (Å²) in [7, 11) is 3.27. The van der Waals surface area contributed by atoms with Crippen molar-refractivity contribution in [1.82, 2.24) is 34.7 Å². The van der Waals surface area contributed by atoms with Gasteiger partial charge in [-0.15, -0.1) is 15.3 Å². The molecule has 0 bridgehead atoms. The number of carbonyl (C=O) groups excluding carboxylic acids is 1. The largest absolute Gasteiger partial charge is 0.479 e. The van der Waals surface area contributed by atoms with Gasteiger partial charge in [-0.3, -0.25) is 9.48 Å². The summed E-state index contributed by atoms with van der Waals surface area (Å²) in [5, 5.41) is 16.5. The molecule has 0 N–H and O–H groups in total. The maximum atomic E-state index is 12.7. The number of hydrogen-bond donors (Lipinski definition) is 0. The first-order chi connectivity index (χ1) is 13.6. The minimum atomic E-state index is -0.0771. The maximum absolute atomic E-state index is 12.7. The van der Waals surface area contributed by atoms with Crippen LogP contribution in [-0.2, 0) is 7.05 Å². The molecule has 4 rings (SSSR count). The number of aryl methyl sites for hydroxylation is 1. The summed E-state index contributed by atoms with van der Waals surface area (Å²) in [4.78, 5) is 14.5. The highest BCUT2D eigenvalue weighted by molar-refractivity contribution is 5.96. The summed E-state index contributed by atoms with van der Waals surface area (Å²) in [5.74, 6) is 1.36. The Bertz CT molecular complexity index is 929. The van der Waals surface area contributed by atoms with Crippen molar-refractivity contribution in [3.8, 4) is 17.6 Å². The molecule has 0 atom stereocenters. The zero-order valence-corrected chi connectivity index (χ0v) is 15.7. The summed E-state index contributed by atoms with van der Waals surface area (Å²) in [6.07, 6.45) is 6.59. The maximum Gasteiger partial charge on any atom is 0.260 e. The van der Waals surface area contributed by atoms with E-state index in [-0.39, 0.29) is 12.0 Å². The number of ether oxygens (including phenoxy) is 2. The molecule has 1 amide bonds. The van der Waals surface area contributed by atoms with Crippen LogP contribution in [0.3, 0.4) is 0 Å². The molecule has 3 aromatic heterocycles. The number of methoxy groups -OCH3 is 1. The van der Waals surface area contributed by atoms with Crippen LogP contribution in [0.25, 0.3) is 5.82 Å².